The van der Waals surface area contributed by atoms with Crippen LogP contribution < -0.4 is 0 Å². The van der Waals surface area contributed by atoms with Crippen molar-refractivity contribution in [3.05, 3.63) is 47.5 Å². The minimum absolute atomic E-state index is 0.132. The number of aryl methyl sites for hydroxylation is 3. The average Bonchev–Trinajstić information content (AvgIpc) is 3.24. The van der Waals surface area contributed by atoms with E-state index in [4.69, 9.17) is 0 Å². The summed E-state index contributed by atoms with van der Waals surface area (Å²) < 4.78 is 27.3. The molecule has 0 N–H and O–H groups in total. The molecule has 7 nitrogen and oxygen atoms in total. The number of nitrogens with zero attached hydrogens (tertiary/aromatic N) is 5. The third kappa shape index (κ3) is 3.05. The fraction of sp³-hybridized carbons (Fsp3) is 0.389. The van der Waals surface area contributed by atoms with Crippen LogP contribution in [-0.4, -0.2) is 44.5 Å². The SMILES string of the molecule is Cc1cc(C)n(-c2ccc(-c3nc(C)nn3C3CCS(=O)(=O)C3)cc2)n1. The van der Waals surface area contributed by atoms with Crippen molar-refractivity contribution in [1.82, 2.24) is 24.5 Å². The molecule has 3 aromatic rings. The van der Waals surface area contributed by atoms with Crippen LogP contribution in [0.3, 0.4) is 0 Å². The molecule has 1 aliphatic heterocycles. The van der Waals surface area contributed by atoms with E-state index < -0.39 is 9.84 Å². The first-order valence-electron chi connectivity index (χ1n) is 8.60. The van der Waals surface area contributed by atoms with Crippen molar-refractivity contribution >= 4 is 9.84 Å². The second-order valence-corrected chi connectivity index (χ2v) is 9.10. The Labute approximate surface area is 152 Å². The first kappa shape index (κ1) is 17.0. The van der Waals surface area contributed by atoms with Gasteiger partial charge in [-0.1, -0.05) is 0 Å². The van der Waals surface area contributed by atoms with Gasteiger partial charge in [0, 0.05) is 11.3 Å². The second-order valence-electron chi connectivity index (χ2n) is 6.87. The lowest BCUT2D eigenvalue weighted by Gasteiger charge is -2.12. The maximum Gasteiger partial charge on any atom is 0.158 e. The summed E-state index contributed by atoms with van der Waals surface area (Å²) in [6, 6.07) is 9.84. The highest BCUT2D eigenvalue weighted by Crippen LogP contribution is 2.28. The first-order valence-corrected chi connectivity index (χ1v) is 10.4. The quantitative estimate of drug-likeness (QED) is 0.706. The predicted octanol–water partition coefficient (Wildman–Crippen LogP) is 2.42. The molecular weight excluding hydrogens is 350 g/mol. The summed E-state index contributed by atoms with van der Waals surface area (Å²) in [7, 11) is -2.98. The van der Waals surface area contributed by atoms with Gasteiger partial charge in [0.1, 0.15) is 5.82 Å². The molecule has 0 bridgehead atoms. The smallest absolute Gasteiger partial charge is 0.158 e. The molecule has 136 valence electrons. The van der Waals surface area contributed by atoms with Crippen LogP contribution >= 0.6 is 0 Å². The maximum atomic E-state index is 11.8. The van der Waals surface area contributed by atoms with E-state index in [1.54, 1.807) is 4.68 Å². The highest BCUT2D eigenvalue weighted by Gasteiger charge is 2.31. The van der Waals surface area contributed by atoms with Crippen molar-refractivity contribution in [3.63, 3.8) is 0 Å². The molecule has 8 heteroatoms. The van der Waals surface area contributed by atoms with Gasteiger partial charge in [0.15, 0.2) is 15.7 Å². The van der Waals surface area contributed by atoms with Crippen LogP contribution in [0.4, 0.5) is 0 Å². The highest BCUT2D eigenvalue weighted by atomic mass is 32.2. The number of benzene rings is 1. The van der Waals surface area contributed by atoms with Crippen LogP contribution in [0.15, 0.2) is 30.3 Å². The van der Waals surface area contributed by atoms with Crippen LogP contribution in [0.2, 0.25) is 0 Å². The Kier molecular flexibility index (Phi) is 3.95. The molecule has 0 amide bonds. The van der Waals surface area contributed by atoms with Gasteiger partial charge in [0.05, 0.1) is 28.9 Å². The zero-order chi connectivity index (χ0) is 18.5. The van der Waals surface area contributed by atoms with Crippen LogP contribution in [0, 0.1) is 20.8 Å². The molecule has 2 aromatic heterocycles. The van der Waals surface area contributed by atoms with Gasteiger partial charge in [-0.05, 0) is 57.5 Å². The Morgan fingerprint density at radius 1 is 1.08 bits per heavy atom. The summed E-state index contributed by atoms with van der Waals surface area (Å²) in [4.78, 5) is 4.53. The average molecular weight is 371 g/mol. The molecule has 0 radical (unpaired) electrons. The Morgan fingerprint density at radius 2 is 1.81 bits per heavy atom. The van der Waals surface area contributed by atoms with Crippen LogP contribution in [0.25, 0.3) is 17.1 Å². The van der Waals surface area contributed by atoms with Gasteiger partial charge in [-0.25, -0.2) is 22.8 Å². The molecule has 4 rings (SSSR count). The Hall–Kier alpha value is -2.48. The third-order valence-corrected chi connectivity index (χ3v) is 6.42. The lowest BCUT2D eigenvalue weighted by molar-refractivity contribution is 0.501. The van der Waals surface area contributed by atoms with E-state index in [-0.39, 0.29) is 17.5 Å². The van der Waals surface area contributed by atoms with Crippen LogP contribution in [0.5, 0.6) is 0 Å². The van der Waals surface area contributed by atoms with E-state index in [9.17, 15) is 8.42 Å². The van der Waals surface area contributed by atoms with Gasteiger partial charge in [-0.2, -0.15) is 10.2 Å². The van der Waals surface area contributed by atoms with Crippen molar-refractivity contribution in [2.24, 2.45) is 0 Å². The van der Waals surface area contributed by atoms with E-state index in [1.165, 1.54) is 0 Å². The summed E-state index contributed by atoms with van der Waals surface area (Å²) in [6.07, 6.45) is 0.585. The van der Waals surface area contributed by atoms with Crippen molar-refractivity contribution < 1.29 is 8.42 Å². The molecular formula is C18H21N5O2S. The third-order valence-electron chi connectivity index (χ3n) is 4.67. The summed E-state index contributed by atoms with van der Waals surface area (Å²) >= 11 is 0. The molecule has 1 saturated heterocycles. The molecule has 1 unspecified atom stereocenters. The lowest BCUT2D eigenvalue weighted by Crippen LogP contribution is -2.14. The highest BCUT2D eigenvalue weighted by molar-refractivity contribution is 7.91. The number of rotatable bonds is 3. The molecule has 0 saturated carbocycles. The van der Waals surface area contributed by atoms with Crippen molar-refractivity contribution in [2.45, 2.75) is 33.2 Å². The Bertz CT molecular complexity index is 1060. The molecule has 1 aromatic carbocycles. The van der Waals surface area contributed by atoms with Crippen LogP contribution in [0.1, 0.15) is 29.7 Å². The van der Waals surface area contributed by atoms with E-state index in [2.05, 4.69) is 15.2 Å². The topological polar surface area (TPSA) is 82.7 Å². The first-order chi connectivity index (χ1) is 12.3. The second kappa shape index (κ2) is 6.05. The minimum atomic E-state index is -2.98. The zero-order valence-corrected chi connectivity index (χ0v) is 15.9. The van der Waals surface area contributed by atoms with Gasteiger partial charge in [-0.15, -0.1) is 0 Å². The van der Waals surface area contributed by atoms with Crippen molar-refractivity contribution in [2.75, 3.05) is 11.5 Å². The predicted molar refractivity (Wildman–Crippen MR) is 99.1 cm³/mol. The largest absolute Gasteiger partial charge is 0.241 e. The summed E-state index contributed by atoms with van der Waals surface area (Å²) in [5.41, 5.74) is 3.94. The number of aromatic nitrogens is 5. The monoisotopic (exact) mass is 371 g/mol. The molecule has 1 atom stereocenters. The van der Waals surface area contributed by atoms with E-state index in [1.807, 2.05) is 55.8 Å². The number of hydrogen-bond donors (Lipinski definition) is 0. The molecule has 3 heterocycles. The van der Waals surface area contributed by atoms with Crippen LogP contribution in [-0.2, 0) is 9.84 Å². The Morgan fingerprint density at radius 3 is 2.38 bits per heavy atom. The Balaban J connectivity index is 1.69. The summed E-state index contributed by atoms with van der Waals surface area (Å²) in [5.74, 6) is 1.70. The van der Waals surface area contributed by atoms with E-state index in [0.29, 0.717) is 18.1 Å². The van der Waals surface area contributed by atoms with Gasteiger partial charge >= 0.3 is 0 Å². The van der Waals surface area contributed by atoms with Crippen molar-refractivity contribution in [3.8, 4) is 17.1 Å². The normalized spacial score (nSPS) is 19.1. The number of hydrogen-bond acceptors (Lipinski definition) is 5. The van der Waals surface area contributed by atoms with Gasteiger partial charge < -0.3 is 0 Å². The fourth-order valence-corrected chi connectivity index (χ4v) is 5.18. The summed E-state index contributed by atoms with van der Waals surface area (Å²) in [6.45, 7) is 5.82. The lowest BCUT2D eigenvalue weighted by atomic mass is 10.1. The van der Waals surface area contributed by atoms with Gasteiger partial charge in [0.2, 0.25) is 0 Å². The van der Waals surface area contributed by atoms with E-state index >= 15 is 0 Å². The molecule has 1 aliphatic rings. The molecule has 0 spiro atoms. The maximum absolute atomic E-state index is 11.8. The van der Waals surface area contributed by atoms with Gasteiger partial charge in [-0.3, -0.25) is 0 Å². The summed E-state index contributed by atoms with van der Waals surface area (Å²) in [5, 5.41) is 8.96. The standard InChI is InChI=1S/C18H21N5O2S/c1-12-10-13(2)22(20-12)16-6-4-15(5-7-16)18-19-14(3)21-23(18)17-8-9-26(24,25)11-17/h4-7,10,17H,8-9,11H2,1-3H3. The molecule has 1 fully saturated rings. The van der Waals surface area contributed by atoms with E-state index in [0.717, 1.165) is 22.6 Å². The van der Waals surface area contributed by atoms with Gasteiger partial charge in [0.25, 0.3) is 0 Å². The molecule has 0 aliphatic carbocycles. The number of sulfone groups is 1. The molecule has 26 heavy (non-hydrogen) atoms. The fourth-order valence-electron chi connectivity index (χ4n) is 3.49. The van der Waals surface area contributed by atoms with Crippen molar-refractivity contribution in [1.29, 1.82) is 0 Å². The minimum Gasteiger partial charge on any atom is -0.241 e. The zero-order valence-electron chi connectivity index (χ0n) is 15.0.